The quantitative estimate of drug-likeness (QED) is 0.837. The summed E-state index contributed by atoms with van der Waals surface area (Å²) in [5.74, 6) is 0. The Hall–Kier alpha value is -0.550. The second-order valence-electron chi connectivity index (χ2n) is 3.28. The number of nitrogens with two attached hydrogens (primary N) is 1. The fourth-order valence-electron chi connectivity index (χ4n) is 1.03. The van der Waals surface area contributed by atoms with Gasteiger partial charge in [-0.15, -0.1) is 11.3 Å². The maximum atomic E-state index is 12.2. The fraction of sp³-hybridized carbons (Fsp3) is 0.556. The van der Waals surface area contributed by atoms with E-state index in [1.807, 2.05) is 6.92 Å². The Morgan fingerprint density at radius 2 is 2.07 bits per heavy atom. The van der Waals surface area contributed by atoms with Crippen molar-refractivity contribution in [3.8, 4) is 0 Å². The van der Waals surface area contributed by atoms with Gasteiger partial charge in [0, 0.05) is 10.9 Å². The van der Waals surface area contributed by atoms with Crippen molar-refractivity contribution in [3.63, 3.8) is 0 Å². The maximum absolute atomic E-state index is 12.2. The lowest BCUT2D eigenvalue weighted by Crippen LogP contribution is -2.14. The molecular weight excluding hydrogens is 211 g/mol. The van der Waals surface area contributed by atoms with E-state index in [0.717, 1.165) is 28.7 Å². The average molecular weight is 223 g/mol. The summed E-state index contributed by atoms with van der Waals surface area (Å²) < 4.78 is 36.6. The summed E-state index contributed by atoms with van der Waals surface area (Å²) in [4.78, 5) is 0.215. The van der Waals surface area contributed by atoms with Crippen LogP contribution < -0.4 is 5.73 Å². The molecule has 0 saturated heterocycles. The van der Waals surface area contributed by atoms with Crippen LogP contribution in [0, 0.1) is 0 Å². The van der Waals surface area contributed by atoms with E-state index in [2.05, 4.69) is 0 Å². The van der Waals surface area contributed by atoms with Gasteiger partial charge in [0.2, 0.25) is 0 Å². The average Bonchev–Trinajstić information content (AvgIpc) is 2.47. The van der Waals surface area contributed by atoms with E-state index in [4.69, 9.17) is 5.73 Å². The number of halogens is 3. The van der Waals surface area contributed by atoms with E-state index in [1.54, 1.807) is 0 Å². The van der Waals surface area contributed by atoms with Crippen molar-refractivity contribution in [3.05, 3.63) is 21.9 Å². The van der Waals surface area contributed by atoms with Gasteiger partial charge in [0.05, 0.1) is 0 Å². The molecular formula is C9H12F3NS. The van der Waals surface area contributed by atoms with Gasteiger partial charge in [0.15, 0.2) is 0 Å². The zero-order valence-electron chi connectivity index (χ0n) is 7.77. The number of thiophene rings is 1. The lowest BCUT2D eigenvalue weighted by molar-refractivity contribution is -0.134. The second kappa shape index (κ2) is 4.31. The molecule has 1 heterocycles. The molecule has 0 aliphatic rings. The summed E-state index contributed by atoms with van der Waals surface area (Å²) in [6.07, 6.45) is -2.87. The van der Waals surface area contributed by atoms with Crippen molar-refractivity contribution in [2.45, 2.75) is 32.0 Å². The summed E-state index contributed by atoms with van der Waals surface area (Å²) in [5.41, 5.74) is 5.52. The molecule has 0 aliphatic heterocycles. The van der Waals surface area contributed by atoms with Gasteiger partial charge in [-0.25, -0.2) is 0 Å². The summed E-state index contributed by atoms with van der Waals surface area (Å²) >= 11 is 0.801. The summed E-state index contributed by atoms with van der Waals surface area (Å²) in [5, 5.41) is 0. The summed E-state index contributed by atoms with van der Waals surface area (Å²) in [7, 11) is 0. The molecule has 2 N–H and O–H groups in total. The van der Waals surface area contributed by atoms with Gasteiger partial charge in [-0.1, -0.05) is 0 Å². The minimum Gasteiger partial charge on any atom is -0.328 e. The van der Waals surface area contributed by atoms with Crippen LogP contribution in [0.15, 0.2) is 12.1 Å². The van der Waals surface area contributed by atoms with Crippen LogP contribution in [0.2, 0.25) is 0 Å². The first-order chi connectivity index (χ1) is 6.39. The van der Waals surface area contributed by atoms with Gasteiger partial charge in [-0.2, -0.15) is 13.2 Å². The minimum atomic E-state index is -4.21. The third-order valence-electron chi connectivity index (χ3n) is 1.79. The van der Waals surface area contributed by atoms with Crippen LogP contribution in [0.1, 0.15) is 23.1 Å². The molecule has 0 aliphatic carbocycles. The molecule has 1 rings (SSSR count). The van der Waals surface area contributed by atoms with Gasteiger partial charge < -0.3 is 5.73 Å². The largest absolute Gasteiger partial charge is 0.425 e. The molecule has 1 aromatic rings. The lowest BCUT2D eigenvalue weighted by atomic mass is 10.2. The van der Waals surface area contributed by atoms with Gasteiger partial charge in [0.1, 0.15) is 4.88 Å². The highest BCUT2D eigenvalue weighted by atomic mass is 32.1. The van der Waals surface area contributed by atoms with Crippen molar-refractivity contribution < 1.29 is 13.2 Å². The third-order valence-corrected chi connectivity index (χ3v) is 2.98. The lowest BCUT2D eigenvalue weighted by Gasteiger charge is -2.02. The fourth-order valence-corrected chi connectivity index (χ4v) is 1.92. The highest BCUT2D eigenvalue weighted by molar-refractivity contribution is 7.12. The van der Waals surface area contributed by atoms with Crippen molar-refractivity contribution >= 4 is 11.3 Å². The molecule has 0 spiro atoms. The number of aryl methyl sites for hydroxylation is 1. The van der Waals surface area contributed by atoms with E-state index in [0.29, 0.717) is 6.42 Å². The molecule has 0 radical (unpaired) electrons. The van der Waals surface area contributed by atoms with Crippen molar-refractivity contribution in [1.29, 1.82) is 0 Å². The number of rotatable bonds is 3. The van der Waals surface area contributed by atoms with E-state index < -0.39 is 11.1 Å². The predicted molar refractivity (Wildman–Crippen MR) is 51.3 cm³/mol. The maximum Gasteiger partial charge on any atom is 0.425 e. The first-order valence-corrected chi connectivity index (χ1v) is 5.12. The van der Waals surface area contributed by atoms with Crippen molar-refractivity contribution in [1.82, 2.24) is 0 Å². The van der Waals surface area contributed by atoms with Crippen molar-refractivity contribution in [2.24, 2.45) is 5.73 Å². The molecule has 0 saturated carbocycles. The van der Waals surface area contributed by atoms with Crippen LogP contribution in [0.5, 0.6) is 0 Å². The Balaban J connectivity index is 2.60. The molecule has 0 aromatic carbocycles. The zero-order chi connectivity index (χ0) is 10.8. The molecule has 0 bridgehead atoms. The third kappa shape index (κ3) is 3.31. The Kier molecular flexibility index (Phi) is 3.55. The van der Waals surface area contributed by atoms with Crippen molar-refractivity contribution in [2.75, 3.05) is 0 Å². The van der Waals surface area contributed by atoms with Crippen LogP contribution in [-0.2, 0) is 12.6 Å². The molecule has 1 nitrogen and oxygen atoms in total. The Labute approximate surface area is 84.7 Å². The van der Waals surface area contributed by atoms with E-state index in [1.165, 1.54) is 6.07 Å². The minimum absolute atomic E-state index is 0.0337. The molecule has 0 amide bonds. The van der Waals surface area contributed by atoms with Gasteiger partial charge in [0.25, 0.3) is 0 Å². The zero-order valence-corrected chi connectivity index (χ0v) is 8.58. The van der Waals surface area contributed by atoms with Crippen LogP contribution in [0.4, 0.5) is 13.2 Å². The normalized spacial score (nSPS) is 14.4. The van der Waals surface area contributed by atoms with Crippen LogP contribution in [0.3, 0.4) is 0 Å². The van der Waals surface area contributed by atoms with E-state index in [-0.39, 0.29) is 6.04 Å². The van der Waals surface area contributed by atoms with Gasteiger partial charge in [-0.3, -0.25) is 0 Å². The molecule has 0 fully saturated rings. The van der Waals surface area contributed by atoms with E-state index >= 15 is 0 Å². The number of hydrogen-bond acceptors (Lipinski definition) is 2. The smallest absolute Gasteiger partial charge is 0.328 e. The molecule has 14 heavy (non-hydrogen) atoms. The molecule has 1 aromatic heterocycles. The monoisotopic (exact) mass is 223 g/mol. The topological polar surface area (TPSA) is 26.0 Å². The summed E-state index contributed by atoms with van der Waals surface area (Å²) in [6.45, 7) is 1.85. The molecule has 5 heteroatoms. The van der Waals surface area contributed by atoms with E-state index in [9.17, 15) is 13.2 Å². The number of hydrogen-bond donors (Lipinski definition) is 1. The van der Waals surface area contributed by atoms with Crippen LogP contribution in [0.25, 0.3) is 0 Å². The molecule has 1 unspecified atom stereocenters. The predicted octanol–water partition coefficient (Wildman–Crippen LogP) is 3.05. The Morgan fingerprint density at radius 1 is 1.43 bits per heavy atom. The molecule has 80 valence electrons. The van der Waals surface area contributed by atoms with Gasteiger partial charge >= 0.3 is 6.18 Å². The summed E-state index contributed by atoms with van der Waals surface area (Å²) in [6, 6.07) is 2.68. The van der Waals surface area contributed by atoms with Crippen LogP contribution >= 0.6 is 11.3 Å². The van der Waals surface area contributed by atoms with Crippen LogP contribution in [-0.4, -0.2) is 6.04 Å². The highest BCUT2D eigenvalue weighted by Gasteiger charge is 2.32. The molecule has 1 atom stereocenters. The van der Waals surface area contributed by atoms with Gasteiger partial charge in [-0.05, 0) is 31.9 Å². The Bertz CT molecular complexity index is 290. The second-order valence-corrected chi connectivity index (χ2v) is 4.45. The standard InChI is InChI=1S/C9H12F3NS/c1-6(13)2-3-7-4-5-8(14-7)9(10,11)12/h4-6H,2-3,13H2,1H3. The Morgan fingerprint density at radius 3 is 2.50 bits per heavy atom. The first-order valence-electron chi connectivity index (χ1n) is 4.31. The first kappa shape index (κ1) is 11.5. The SMILES string of the molecule is CC(N)CCc1ccc(C(F)(F)F)s1. The number of alkyl halides is 3. The highest BCUT2D eigenvalue weighted by Crippen LogP contribution is 2.34.